The van der Waals surface area contributed by atoms with Gasteiger partial charge in [-0.25, -0.2) is 15.0 Å². The molecule has 3 rings (SSSR count). The number of hydrogen-bond acceptors (Lipinski definition) is 6. The van der Waals surface area contributed by atoms with Crippen molar-refractivity contribution < 1.29 is 9.32 Å². The monoisotopic (exact) mass is 298 g/mol. The first-order valence-electron chi connectivity index (χ1n) is 6.65. The lowest BCUT2D eigenvalue weighted by Gasteiger charge is -2.06. The van der Waals surface area contributed by atoms with E-state index in [4.69, 9.17) is 4.52 Å². The summed E-state index contributed by atoms with van der Waals surface area (Å²) in [4.78, 5) is 24.3. The number of aromatic nitrogens is 5. The number of carbonyl (C=O) groups excluding carboxylic acids is 1. The van der Waals surface area contributed by atoms with Crippen molar-refractivity contribution >= 4 is 11.7 Å². The van der Waals surface area contributed by atoms with E-state index in [2.05, 4.69) is 25.4 Å². The molecule has 0 aromatic carbocycles. The van der Waals surface area contributed by atoms with Crippen LogP contribution in [0.25, 0.3) is 5.82 Å². The normalized spacial score (nSPS) is 10.6. The van der Waals surface area contributed by atoms with Gasteiger partial charge in [0.05, 0.1) is 12.1 Å². The van der Waals surface area contributed by atoms with E-state index in [-0.39, 0.29) is 12.3 Å². The van der Waals surface area contributed by atoms with Crippen LogP contribution in [0, 0.1) is 13.8 Å². The Kier molecular flexibility index (Phi) is 3.65. The third kappa shape index (κ3) is 2.85. The van der Waals surface area contributed by atoms with Gasteiger partial charge < -0.3 is 9.84 Å². The predicted octanol–water partition coefficient (Wildman–Crippen LogP) is 1.45. The third-order valence-corrected chi connectivity index (χ3v) is 3.21. The molecule has 0 spiro atoms. The van der Waals surface area contributed by atoms with Crippen molar-refractivity contribution in [1.29, 1.82) is 0 Å². The highest BCUT2D eigenvalue weighted by Crippen LogP contribution is 2.14. The van der Waals surface area contributed by atoms with Gasteiger partial charge in [0.25, 0.3) is 0 Å². The SMILES string of the molecule is Cc1noc(C)c1CC(=O)Nc1cc(-n2ccnc2)ncn1. The summed E-state index contributed by atoms with van der Waals surface area (Å²) in [5.74, 6) is 1.51. The van der Waals surface area contributed by atoms with Crippen LogP contribution in [0.3, 0.4) is 0 Å². The van der Waals surface area contributed by atoms with Crippen LogP contribution in [0.5, 0.6) is 0 Å². The molecule has 0 aliphatic rings. The molecule has 0 unspecified atom stereocenters. The van der Waals surface area contributed by atoms with Gasteiger partial charge in [-0.15, -0.1) is 0 Å². The van der Waals surface area contributed by atoms with E-state index in [0.29, 0.717) is 17.4 Å². The van der Waals surface area contributed by atoms with E-state index in [1.54, 1.807) is 43.2 Å². The van der Waals surface area contributed by atoms with Crippen molar-refractivity contribution in [3.05, 3.63) is 48.1 Å². The number of hydrogen-bond donors (Lipinski definition) is 1. The van der Waals surface area contributed by atoms with Crippen LogP contribution in [-0.4, -0.2) is 30.6 Å². The van der Waals surface area contributed by atoms with Gasteiger partial charge in [0, 0.05) is 24.0 Å². The molecule has 8 nitrogen and oxygen atoms in total. The Morgan fingerprint density at radius 3 is 2.91 bits per heavy atom. The van der Waals surface area contributed by atoms with Crippen molar-refractivity contribution in [2.75, 3.05) is 5.32 Å². The van der Waals surface area contributed by atoms with Crippen LogP contribution < -0.4 is 5.32 Å². The zero-order valence-electron chi connectivity index (χ0n) is 12.1. The Morgan fingerprint density at radius 1 is 1.36 bits per heavy atom. The van der Waals surface area contributed by atoms with E-state index in [1.807, 2.05) is 0 Å². The molecule has 112 valence electrons. The maximum absolute atomic E-state index is 12.1. The van der Waals surface area contributed by atoms with E-state index >= 15 is 0 Å². The smallest absolute Gasteiger partial charge is 0.230 e. The number of imidazole rings is 1. The lowest BCUT2D eigenvalue weighted by Crippen LogP contribution is -2.16. The molecule has 0 saturated heterocycles. The Hall–Kier alpha value is -3.03. The van der Waals surface area contributed by atoms with E-state index in [9.17, 15) is 4.79 Å². The topological polar surface area (TPSA) is 98.7 Å². The van der Waals surface area contributed by atoms with Crippen LogP contribution in [0.4, 0.5) is 5.82 Å². The lowest BCUT2D eigenvalue weighted by atomic mass is 10.1. The van der Waals surface area contributed by atoms with Crippen LogP contribution in [0.1, 0.15) is 17.0 Å². The molecule has 0 atom stereocenters. The number of nitrogens with one attached hydrogen (secondary N) is 1. The summed E-state index contributed by atoms with van der Waals surface area (Å²) in [6.07, 6.45) is 6.61. The molecule has 3 aromatic rings. The largest absolute Gasteiger partial charge is 0.361 e. The molecule has 22 heavy (non-hydrogen) atoms. The lowest BCUT2D eigenvalue weighted by molar-refractivity contribution is -0.115. The molecule has 1 amide bonds. The number of carbonyl (C=O) groups is 1. The molecule has 0 fully saturated rings. The van der Waals surface area contributed by atoms with Crippen LogP contribution in [0.15, 0.2) is 35.6 Å². The van der Waals surface area contributed by atoms with Crippen molar-refractivity contribution in [2.24, 2.45) is 0 Å². The molecule has 0 radical (unpaired) electrons. The fourth-order valence-electron chi connectivity index (χ4n) is 2.05. The Balaban J connectivity index is 1.73. The second-order valence-electron chi connectivity index (χ2n) is 4.76. The molecule has 0 aliphatic carbocycles. The standard InChI is InChI=1S/C14H14N6O2/c1-9-11(10(2)22-19-9)5-14(21)18-12-6-13(17-7-16-12)20-4-3-15-8-20/h3-4,6-8H,5H2,1-2H3,(H,16,17,18,21). The maximum Gasteiger partial charge on any atom is 0.230 e. The Labute approximate surface area is 126 Å². The van der Waals surface area contributed by atoms with Crippen molar-refractivity contribution in [1.82, 2.24) is 24.7 Å². The minimum Gasteiger partial charge on any atom is -0.361 e. The highest BCUT2D eigenvalue weighted by molar-refractivity contribution is 5.91. The van der Waals surface area contributed by atoms with Crippen molar-refractivity contribution in [3.63, 3.8) is 0 Å². The molecule has 3 heterocycles. The summed E-state index contributed by atoms with van der Waals surface area (Å²) in [6, 6.07) is 1.67. The number of rotatable bonds is 4. The molecule has 1 N–H and O–H groups in total. The first-order valence-corrected chi connectivity index (χ1v) is 6.65. The second-order valence-corrected chi connectivity index (χ2v) is 4.76. The molecular weight excluding hydrogens is 284 g/mol. The van der Waals surface area contributed by atoms with Gasteiger partial charge >= 0.3 is 0 Å². The van der Waals surface area contributed by atoms with E-state index < -0.39 is 0 Å². The number of nitrogens with zero attached hydrogens (tertiary/aromatic N) is 5. The summed E-state index contributed by atoms with van der Waals surface area (Å²) in [5.41, 5.74) is 1.51. The summed E-state index contributed by atoms with van der Waals surface area (Å²) >= 11 is 0. The van der Waals surface area contributed by atoms with Gasteiger partial charge in [-0.2, -0.15) is 0 Å². The maximum atomic E-state index is 12.1. The van der Waals surface area contributed by atoms with Crippen molar-refractivity contribution in [2.45, 2.75) is 20.3 Å². The van der Waals surface area contributed by atoms with Gasteiger partial charge in [-0.3, -0.25) is 9.36 Å². The van der Waals surface area contributed by atoms with Crippen molar-refractivity contribution in [3.8, 4) is 5.82 Å². The van der Waals surface area contributed by atoms with Crippen LogP contribution in [-0.2, 0) is 11.2 Å². The molecule has 0 bridgehead atoms. The average Bonchev–Trinajstić information content (AvgIpc) is 3.13. The number of anilines is 1. The van der Waals surface area contributed by atoms with Gasteiger partial charge in [0.2, 0.25) is 5.91 Å². The summed E-state index contributed by atoms with van der Waals surface area (Å²) in [5, 5.41) is 6.58. The Bertz CT molecular complexity index is 774. The fraction of sp³-hybridized carbons (Fsp3) is 0.214. The first kappa shape index (κ1) is 13.9. The quantitative estimate of drug-likeness (QED) is 0.782. The molecule has 3 aromatic heterocycles. The van der Waals surface area contributed by atoms with E-state index in [1.165, 1.54) is 6.33 Å². The minimum atomic E-state index is -0.190. The minimum absolute atomic E-state index is 0.186. The zero-order valence-corrected chi connectivity index (χ0v) is 12.1. The Morgan fingerprint density at radius 2 is 2.23 bits per heavy atom. The van der Waals surface area contributed by atoms with Gasteiger partial charge in [-0.05, 0) is 13.8 Å². The summed E-state index contributed by atoms with van der Waals surface area (Å²) in [6.45, 7) is 3.59. The molecule has 8 heteroatoms. The highest BCUT2D eigenvalue weighted by Gasteiger charge is 2.14. The second kappa shape index (κ2) is 5.76. The van der Waals surface area contributed by atoms with Crippen LogP contribution >= 0.6 is 0 Å². The first-order chi connectivity index (χ1) is 10.6. The van der Waals surface area contributed by atoms with Crippen LogP contribution in [0.2, 0.25) is 0 Å². The number of amides is 1. The molecular formula is C14H14N6O2. The highest BCUT2D eigenvalue weighted by atomic mass is 16.5. The molecule has 0 saturated carbocycles. The third-order valence-electron chi connectivity index (χ3n) is 3.21. The van der Waals surface area contributed by atoms with Gasteiger partial charge in [-0.1, -0.05) is 5.16 Å². The fourth-order valence-corrected chi connectivity index (χ4v) is 2.05. The number of aryl methyl sites for hydroxylation is 2. The molecule has 0 aliphatic heterocycles. The zero-order chi connectivity index (χ0) is 15.5. The van der Waals surface area contributed by atoms with Gasteiger partial charge in [0.15, 0.2) is 0 Å². The average molecular weight is 298 g/mol. The predicted molar refractivity (Wildman–Crippen MR) is 77.5 cm³/mol. The summed E-state index contributed by atoms with van der Waals surface area (Å²) < 4.78 is 6.78. The van der Waals surface area contributed by atoms with Gasteiger partial charge in [0.1, 0.15) is 30.1 Å². The summed E-state index contributed by atoms with van der Waals surface area (Å²) in [7, 11) is 0. The van der Waals surface area contributed by atoms with E-state index in [0.717, 1.165) is 11.3 Å².